The van der Waals surface area contributed by atoms with Crippen molar-refractivity contribution in [2.45, 2.75) is 4.90 Å². The minimum Gasteiger partial charge on any atom is -0.495 e. The van der Waals surface area contributed by atoms with Gasteiger partial charge in [-0.3, -0.25) is 10.1 Å². The molecule has 6 heteroatoms. The first kappa shape index (κ1) is 10.6. The summed E-state index contributed by atoms with van der Waals surface area (Å²) in [6, 6.07) is 2.72. The molecule has 0 unspecified atom stereocenters. The molecule has 0 bridgehead atoms. The number of rotatable bonds is 3. The molecule has 1 aromatic carbocycles. The molecule has 0 heterocycles. The van der Waals surface area contributed by atoms with Crippen molar-refractivity contribution in [1.29, 1.82) is 0 Å². The first-order valence-corrected chi connectivity index (χ1v) is 4.14. The summed E-state index contributed by atoms with van der Waals surface area (Å²) < 4.78 is 9.74. The number of nitro benzene ring substituents is 1. The molecule has 14 heavy (non-hydrogen) atoms. The number of hydrogen-bond acceptors (Lipinski definition) is 5. The van der Waals surface area contributed by atoms with Gasteiger partial charge in [0.05, 0.1) is 30.1 Å². The summed E-state index contributed by atoms with van der Waals surface area (Å²) in [5.74, 6) is 0.515. The second-order valence-electron chi connectivity index (χ2n) is 2.45. The molecule has 0 atom stereocenters. The number of methoxy groups -OCH3 is 2. The van der Waals surface area contributed by atoms with E-state index in [0.717, 1.165) is 0 Å². The van der Waals surface area contributed by atoms with Gasteiger partial charge in [-0.2, -0.15) is 0 Å². The number of hydrogen-bond donors (Lipinski definition) is 1. The smallest absolute Gasteiger partial charge is 0.314 e. The van der Waals surface area contributed by atoms with Crippen LogP contribution in [0.25, 0.3) is 0 Å². The molecule has 0 aliphatic heterocycles. The zero-order valence-corrected chi connectivity index (χ0v) is 8.58. The Morgan fingerprint density at radius 1 is 1.29 bits per heavy atom. The Labute approximate surface area is 86.2 Å². The Hall–Kier alpha value is -1.43. The van der Waals surface area contributed by atoms with Crippen molar-refractivity contribution in [3.8, 4) is 11.5 Å². The molecule has 1 rings (SSSR count). The van der Waals surface area contributed by atoms with E-state index in [-0.39, 0.29) is 11.4 Å². The van der Waals surface area contributed by atoms with Crippen molar-refractivity contribution in [2.75, 3.05) is 14.2 Å². The van der Waals surface area contributed by atoms with Gasteiger partial charge in [0.15, 0.2) is 5.75 Å². The highest BCUT2D eigenvalue weighted by Gasteiger charge is 2.17. The molecule has 0 saturated heterocycles. The summed E-state index contributed by atoms with van der Waals surface area (Å²) in [5.41, 5.74) is -0.137. The van der Waals surface area contributed by atoms with E-state index in [1.165, 1.54) is 26.4 Å². The zero-order valence-electron chi connectivity index (χ0n) is 7.68. The highest BCUT2D eigenvalue weighted by atomic mass is 32.1. The number of ether oxygens (including phenoxy) is 2. The van der Waals surface area contributed by atoms with Crippen LogP contribution in [0.15, 0.2) is 17.0 Å². The number of nitrogens with zero attached hydrogens (tertiary/aromatic N) is 1. The van der Waals surface area contributed by atoms with E-state index in [0.29, 0.717) is 10.6 Å². The maximum Gasteiger partial charge on any atom is 0.314 e. The van der Waals surface area contributed by atoms with Gasteiger partial charge in [-0.15, -0.1) is 12.6 Å². The summed E-state index contributed by atoms with van der Waals surface area (Å²) in [5, 5.41) is 10.6. The van der Waals surface area contributed by atoms with Gasteiger partial charge in [0.25, 0.3) is 0 Å². The van der Waals surface area contributed by atoms with Crippen molar-refractivity contribution < 1.29 is 14.4 Å². The second kappa shape index (κ2) is 4.19. The average molecular weight is 215 g/mol. The molecule has 1 aromatic rings. The monoisotopic (exact) mass is 215 g/mol. The third kappa shape index (κ3) is 1.90. The standard InChI is InChI=1S/C8H9NO4S/c1-12-6-4-8(14)7(13-2)3-5(6)9(10)11/h3-4,14H,1-2H3. The van der Waals surface area contributed by atoms with Gasteiger partial charge in [0.2, 0.25) is 0 Å². The van der Waals surface area contributed by atoms with Gasteiger partial charge in [-0.05, 0) is 0 Å². The summed E-state index contributed by atoms with van der Waals surface area (Å²) in [6.45, 7) is 0. The number of thiol groups is 1. The largest absolute Gasteiger partial charge is 0.495 e. The van der Waals surface area contributed by atoms with E-state index in [1.807, 2.05) is 0 Å². The fraction of sp³-hybridized carbons (Fsp3) is 0.250. The van der Waals surface area contributed by atoms with Crippen molar-refractivity contribution in [3.63, 3.8) is 0 Å². The maximum absolute atomic E-state index is 10.6. The Morgan fingerprint density at radius 3 is 2.29 bits per heavy atom. The first-order chi connectivity index (χ1) is 6.60. The maximum atomic E-state index is 10.6. The lowest BCUT2D eigenvalue weighted by Gasteiger charge is -2.06. The summed E-state index contributed by atoms with van der Waals surface area (Å²) in [4.78, 5) is 10.6. The molecular formula is C8H9NO4S. The Bertz CT molecular complexity index is 367. The molecule has 0 radical (unpaired) electrons. The van der Waals surface area contributed by atoms with E-state index in [1.54, 1.807) is 0 Å². The number of nitro groups is 1. The van der Waals surface area contributed by atoms with E-state index >= 15 is 0 Å². The highest BCUT2D eigenvalue weighted by Crippen LogP contribution is 2.35. The van der Waals surface area contributed by atoms with Crippen LogP contribution >= 0.6 is 12.6 Å². The fourth-order valence-corrected chi connectivity index (χ4v) is 1.28. The van der Waals surface area contributed by atoms with Crippen LogP contribution in [0.5, 0.6) is 11.5 Å². The lowest BCUT2D eigenvalue weighted by Crippen LogP contribution is -1.95. The Kier molecular flexibility index (Phi) is 3.19. The first-order valence-electron chi connectivity index (χ1n) is 3.69. The van der Waals surface area contributed by atoms with Crippen LogP contribution in [-0.2, 0) is 0 Å². The molecule has 0 saturated carbocycles. The Morgan fingerprint density at radius 2 is 1.86 bits per heavy atom. The van der Waals surface area contributed by atoms with Crippen molar-refractivity contribution in [3.05, 3.63) is 22.2 Å². The van der Waals surface area contributed by atoms with Crippen LogP contribution in [0.3, 0.4) is 0 Å². The van der Waals surface area contributed by atoms with Crippen molar-refractivity contribution in [1.82, 2.24) is 0 Å². The molecule has 76 valence electrons. The third-order valence-corrected chi connectivity index (χ3v) is 2.03. The molecule has 5 nitrogen and oxygen atoms in total. The second-order valence-corrected chi connectivity index (χ2v) is 2.93. The highest BCUT2D eigenvalue weighted by molar-refractivity contribution is 7.80. The topological polar surface area (TPSA) is 61.6 Å². The minimum absolute atomic E-state index is 0.137. The lowest BCUT2D eigenvalue weighted by atomic mass is 10.3. The average Bonchev–Trinajstić information content (AvgIpc) is 2.16. The molecule has 0 aliphatic carbocycles. The summed E-state index contributed by atoms with van der Waals surface area (Å²) >= 11 is 4.09. The van der Waals surface area contributed by atoms with Gasteiger partial charge in [-0.25, -0.2) is 0 Å². The predicted molar refractivity (Wildman–Crippen MR) is 53.5 cm³/mol. The van der Waals surface area contributed by atoms with Crippen LogP contribution in [0, 0.1) is 10.1 Å². The van der Waals surface area contributed by atoms with E-state index in [9.17, 15) is 10.1 Å². The summed E-state index contributed by atoms with van der Waals surface area (Å²) in [7, 11) is 2.79. The van der Waals surface area contributed by atoms with Crippen LogP contribution in [-0.4, -0.2) is 19.1 Å². The molecule has 0 amide bonds. The lowest BCUT2D eigenvalue weighted by molar-refractivity contribution is -0.385. The van der Waals surface area contributed by atoms with Crippen molar-refractivity contribution in [2.24, 2.45) is 0 Å². The van der Waals surface area contributed by atoms with Crippen LogP contribution in [0.1, 0.15) is 0 Å². The normalized spacial score (nSPS) is 9.64. The van der Waals surface area contributed by atoms with Crippen LogP contribution in [0.4, 0.5) is 5.69 Å². The van der Waals surface area contributed by atoms with Gasteiger partial charge >= 0.3 is 5.69 Å². The van der Waals surface area contributed by atoms with Crippen LogP contribution < -0.4 is 9.47 Å². The molecule has 0 N–H and O–H groups in total. The molecule has 0 aliphatic rings. The van der Waals surface area contributed by atoms with E-state index < -0.39 is 4.92 Å². The molecule has 0 spiro atoms. The van der Waals surface area contributed by atoms with Gasteiger partial charge in [-0.1, -0.05) is 0 Å². The quantitative estimate of drug-likeness (QED) is 0.475. The van der Waals surface area contributed by atoms with Crippen LogP contribution in [0.2, 0.25) is 0 Å². The van der Waals surface area contributed by atoms with Crippen molar-refractivity contribution >= 4 is 18.3 Å². The third-order valence-electron chi connectivity index (χ3n) is 1.68. The molecule has 0 fully saturated rings. The number of benzene rings is 1. The van der Waals surface area contributed by atoms with Gasteiger partial charge in [0.1, 0.15) is 5.75 Å². The van der Waals surface area contributed by atoms with E-state index in [4.69, 9.17) is 9.47 Å². The van der Waals surface area contributed by atoms with Gasteiger partial charge in [0, 0.05) is 6.07 Å². The SMILES string of the molecule is COc1cc([N+](=O)[O-])c(OC)cc1S. The zero-order chi connectivity index (χ0) is 10.7. The fourth-order valence-electron chi connectivity index (χ4n) is 1.01. The van der Waals surface area contributed by atoms with E-state index in [2.05, 4.69) is 12.6 Å². The molecule has 0 aromatic heterocycles. The molecular weight excluding hydrogens is 206 g/mol. The Balaban J connectivity index is 3.32. The predicted octanol–water partition coefficient (Wildman–Crippen LogP) is 1.90. The minimum atomic E-state index is -0.533. The van der Waals surface area contributed by atoms with Gasteiger partial charge < -0.3 is 9.47 Å². The summed E-state index contributed by atoms with van der Waals surface area (Å²) in [6.07, 6.45) is 0.